The molecular formula is C9H6ClN5O3. The molecule has 8 nitrogen and oxygen atoms in total. The average molecular weight is 268 g/mol. The van der Waals surface area contributed by atoms with Crippen LogP contribution in [0.2, 0.25) is 5.02 Å². The number of carbonyl (C=O) groups excluding carboxylic acids is 1. The Balaban J connectivity index is 2.42. The molecule has 0 spiro atoms. The summed E-state index contributed by atoms with van der Waals surface area (Å²) in [5.41, 5.74) is 0.596. The first-order valence-corrected chi connectivity index (χ1v) is 5.03. The Morgan fingerprint density at radius 1 is 1.39 bits per heavy atom. The van der Waals surface area contributed by atoms with Crippen LogP contribution in [-0.4, -0.2) is 37.6 Å². The van der Waals surface area contributed by atoms with Crippen LogP contribution in [0.1, 0.15) is 0 Å². The molecule has 0 atom stereocenters. The second-order valence-electron chi connectivity index (χ2n) is 3.18. The molecule has 1 aromatic carbocycles. The lowest BCUT2D eigenvalue weighted by Crippen LogP contribution is -2.22. The van der Waals surface area contributed by atoms with Crippen LogP contribution in [0.4, 0.5) is 5.69 Å². The van der Waals surface area contributed by atoms with Crippen LogP contribution in [0.15, 0.2) is 18.2 Å². The number of benzene rings is 1. The third-order valence-corrected chi connectivity index (χ3v) is 2.25. The number of carboxylic acids is 1. The highest BCUT2D eigenvalue weighted by Crippen LogP contribution is 2.27. The molecule has 0 aliphatic carbocycles. The topological polar surface area (TPSA) is 121 Å². The quantitative estimate of drug-likeness (QED) is 0.683. The first-order chi connectivity index (χ1) is 8.58. The minimum atomic E-state index is -1.60. The van der Waals surface area contributed by atoms with Gasteiger partial charge in [0, 0.05) is 10.6 Å². The lowest BCUT2D eigenvalue weighted by molar-refractivity contribution is -0.147. The molecule has 0 fully saturated rings. The van der Waals surface area contributed by atoms with Crippen LogP contribution in [0.25, 0.3) is 11.4 Å². The van der Waals surface area contributed by atoms with Crippen molar-refractivity contribution in [3.63, 3.8) is 0 Å². The van der Waals surface area contributed by atoms with Gasteiger partial charge in [-0.15, -0.1) is 10.2 Å². The van der Waals surface area contributed by atoms with Crippen LogP contribution in [0.5, 0.6) is 0 Å². The normalized spacial score (nSPS) is 10.1. The fraction of sp³-hybridized carbons (Fsp3) is 0. The number of nitrogens with one attached hydrogen (secondary N) is 2. The first kappa shape index (κ1) is 12.0. The Morgan fingerprint density at radius 2 is 2.17 bits per heavy atom. The Labute approximate surface area is 105 Å². The average Bonchev–Trinajstić information content (AvgIpc) is 2.82. The smallest absolute Gasteiger partial charge is 0.394 e. The van der Waals surface area contributed by atoms with Crippen molar-refractivity contribution in [2.24, 2.45) is 0 Å². The highest BCUT2D eigenvalue weighted by molar-refractivity contribution is 6.37. The van der Waals surface area contributed by atoms with E-state index in [1.807, 2.05) is 0 Å². The van der Waals surface area contributed by atoms with E-state index in [1.165, 1.54) is 6.07 Å². The number of aliphatic carboxylic acids is 1. The van der Waals surface area contributed by atoms with Gasteiger partial charge in [0.05, 0.1) is 5.69 Å². The highest BCUT2D eigenvalue weighted by Gasteiger charge is 2.16. The lowest BCUT2D eigenvalue weighted by atomic mass is 10.1. The van der Waals surface area contributed by atoms with E-state index in [2.05, 4.69) is 25.9 Å². The van der Waals surface area contributed by atoms with Gasteiger partial charge in [0.2, 0.25) is 5.82 Å². The number of amides is 1. The van der Waals surface area contributed by atoms with E-state index < -0.39 is 11.9 Å². The van der Waals surface area contributed by atoms with Crippen molar-refractivity contribution in [1.82, 2.24) is 20.6 Å². The molecule has 92 valence electrons. The Bertz CT molecular complexity index is 598. The number of H-pyrrole nitrogens is 1. The summed E-state index contributed by atoms with van der Waals surface area (Å²) >= 11 is 5.78. The summed E-state index contributed by atoms with van der Waals surface area (Å²) in [6.07, 6.45) is 0. The third kappa shape index (κ3) is 2.43. The van der Waals surface area contributed by atoms with Gasteiger partial charge < -0.3 is 10.4 Å². The van der Waals surface area contributed by atoms with Crippen LogP contribution < -0.4 is 5.32 Å². The Morgan fingerprint density at radius 3 is 2.78 bits per heavy atom. The van der Waals surface area contributed by atoms with E-state index in [4.69, 9.17) is 16.7 Å². The van der Waals surface area contributed by atoms with Crippen molar-refractivity contribution in [2.45, 2.75) is 0 Å². The number of anilines is 1. The maximum Gasteiger partial charge on any atom is 0.394 e. The third-order valence-electron chi connectivity index (χ3n) is 2.01. The van der Waals surface area contributed by atoms with E-state index in [9.17, 15) is 9.59 Å². The summed E-state index contributed by atoms with van der Waals surface area (Å²) in [5, 5.41) is 24.2. The molecule has 1 amide bonds. The van der Waals surface area contributed by atoms with Gasteiger partial charge in [0.1, 0.15) is 0 Å². The SMILES string of the molecule is O=C(O)C(=O)Nc1cc(Cl)ccc1-c1nn[nH]n1. The number of nitrogens with zero attached hydrogens (tertiary/aromatic N) is 3. The Kier molecular flexibility index (Phi) is 3.20. The molecule has 0 saturated carbocycles. The van der Waals surface area contributed by atoms with Gasteiger partial charge in [0.25, 0.3) is 0 Å². The number of aromatic nitrogens is 4. The van der Waals surface area contributed by atoms with Crippen molar-refractivity contribution in [1.29, 1.82) is 0 Å². The molecule has 18 heavy (non-hydrogen) atoms. The Hall–Kier alpha value is -2.48. The number of halogens is 1. The first-order valence-electron chi connectivity index (χ1n) is 4.65. The number of tetrazole rings is 1. The number of aromatic amines is 1. The lowest BCUT2D eigenvalue weighted by Gasteiger charge is -2.07. The zero-order valence-electron chi connectivity index (χ0n) is 8.72. The maximum absolute atomic E-state index is 11.1. The van der Waals surface area contributed by atoms with E-state index in [0.29, 0.717) is 10.6 Å². The van der Waals surface area contributed by atoms with Crippen LogP contribution in [0.3, 0.4) is 0 Å². The molecule has 2 aromatic rings. The van der Waals surface area contributed by atoms with Crippen LogP contribution >= 0.6 is 11.6 Å². The molecule has 2 rings (SSSR count). The molecule has 0 radical (unpaired) electrons. The minimum absolute atomic E-state index is 0.191. The van der Waals surface area contributed by atoms with Crippen LogP contribution in [0, 0.1) is 0 Å². The summed E-state index contributed by atoms with van der Waals surface area (Å²) in [6, 6.07) is 4.50. The van der Waals surface area contributed by atoms with Crippen molar-refractivity contribution >= 4 is 29.2 Å². The minimum Gasteiger partial charge on any atom is -0.474 e. The van der Waals surface area contributed by atoms with Gasteiger partial charge in [-0.2, -0.15) is 5.21 Å². The molecule has 9 heteroatoms. The van der Waals surface area contributed by atoms with Gasteiger partial charge in [-0.1, -0.05) is 11.6 Å². The standard InChI is InChI=1S/C9H6ClN5O3/c10-4-1-2-5(7-12-14-15-13-7)6(3-4)11-8(16)9(17)18/h1-3H,(H,11,16)(H,17,18)(H,12,13,14,15). The second kappa shape index (κ2) is 4.80. The molecule has 1 heterocycles. The number of rotatable bonds is 2. The largest absolute Gasteiger partial charge is 0.474 e. The predicted octanol–water partition coefficient (Wildman–Crippen LogP) is 0.543. The number of carbonyl (C=O) groups is 2. The fourth-order valence-electron chi connectivity index (χ4n) is 1.27. The number of hydrogen-bond acceptors (Lipinski definition) is 5. The van der Waals surface area contributed by atoms with Gasteiger partial charge >= 0.3 is 11.9 Å². The molecule has 0 aliphatic rings. The number of hydrogen-bond donors (Lipinski definition) is 3. The fourth-order valence-corrected chi connectivity index (χ4v) is 1.44. The van der Waals surface area contributed by atoms with Gasteiger partial charge in [-0.05, 0) is 23.4 Å². The summed E-state index contributed by atoms with van der Waals surface area (Å²) < 4.78 is 0. The van der Waals surface area contributed by atoms with Gasteiger partial charge in [-0.25, -0.2) is 4.79 Å². The summed E-state index contributed by atoms with van der Waals surface area (Å²) in [6.45, 7) is 0. The van der Waals surface area contributed by atoms with Crippen molar-refractivity contribution in [2.75, 3.05) is 5.32 Å². The molecular weight excluding hydrogens is 262 g/mol. The van der Waals surface area contributed by atoms with Gasteiger partial charge in [0.15, 0.2) is 0 Å². The monoisotopic (exact) mass is 267 g/mol. The maximum atomic E-state index is 11.1. The zero-order chi connectivity index (χ0) is 13.1. The van der Waals surface area contributed by atoms with E-state index >= 15 is 0 Å². The molecule has 0 aliphatic heterocycles. The van der Waals surface area contributed by atoms with E-state index in [0.717, 1.165) is 0 Å². The molecule has 0 saturated heterocycles. The summed E-state index contributed by atoms with van der Waals surface area (Å²) in [7, 11) is 0. The highest BCUT2D eigenvalue weighted by atomic mass is 35.5. The van der Waals surface area contributed by atoms with Gasteiger partial charge in [-0.3, -0.25) is 4.79 Å². The van der Waals surface area contributed by atoms with Crippen molar-refractivity contribution in [3.8, 4) is 11.4 Å². The predicted molar refractivity (Wildman–Crippen MR) is 60.9 cm³/mol. The molecule has 1 aromatic heterocycles. The number of carboxylic acid groups (broad SMARTS) is 1. The molecule has 0 unspecified atom stereocenters. The molecule has 0 bridgehead atoms. The van der Waals surface area contributed by atoms with E-state index in [-0.39, 0.29) is 11.5 Å². The van der Waals surface area contributed by atoms with E-state index in [1.54, 1.807) is 12.1 Å². The van der Waals surface area contributed by atoms with Crippen molar-refractivity contribution in [3.05, 3.63) is 23.2 Å². The summed E-state index contributed by atoms with van der Waals surface area (Å²) in [4.78, 5) is 21.6. The molecule has 3 N–H and O–H groups in total. The zero-order valence-corrected chi connectivity index (χ0v) is 9.47. The summed E-state index contributed by atoms with van der Waals surface area (Å²) in [5.74, 6) is -2.57. The van der Waals surface area contributed by atoms with Crippen molar-refractivity contribution < 1.29 is 14.7 Å². The second-order valence-corrected chi connectivity index (χ2v) is 3.62. The van der Waals surface area contributed by atoms with Crippen LogP contribution in [-0.2, 0) is 9.59 Å².